The molecule has 0 unspecified atom stereocenters. The number of rotatable bonds is 4. The number of carbonyl (C=O) groups is 2. The number of amides is 1. The van der Waals surface area contributed by atoms with Gasteiger partial charge in [-0.25, -0.2) is 4.79 Å². The molecule has 26 heavy (non-hydrogen) atoms. The van der Waals surface area contributed by atoms with Crippen LogP contribution >= 0.6 is 15.9 Å². The highest BCUT2D eigenvalue weighted by Gasteiger charge is 2.16. The second kappa shape index (κ2) is 7.58. The highest BCUT2D eigenvalue weighted by atomic mass is 79.9. The van der Waals surface area contributed by atoms with E-state index in [4.69, 9.17) is 4.42 Å². The Morgan fingerprint density at radius 3 is 2.31 bits per heavy atom. The van der Waals surface area contributed by atoms with Crippen LogP contribution in [0.4, 0.5) is 5.69 Å². The van der Waals surface area contributed by atoms with Crippen LogP contribution in [0.2, 0.25) is 0 Å². The zero-order valence-electron chi connectivity index (χ0n) is 14.2. The molecule has 3 aromatic rings. The molecule has 3 rings (SSSR count). The van der Waals surface area contributed by atoms with E-state index in [1.165, 1.54) is 7.11 Å². The summed E-state index contributed by atoms with van der Waals surface area (Å²) in [6.45, 7) is 1.75. The number of aryl methyl sites for hydroxylation is 1. The summed E-state index contributed by atoms with van der Waals surface area (Å²) in [5.41, 5.74) is 2.34. The molecule has 0 aliphatic rings. The smallest absolute Gasteiger partial charge is 0.337 e. The fourth-order valence-electron chi connectivity index (χ4n) is 2.47. The van der Waals surface area contributed by atoms with Crippen LogP contribution in [0.5, 0.6) is 0 Å². The van der Waals surface area contributed by atoms with Crippen molar-refractivity contribution in [1.82, 2.24) is 0 Å². The van der Waals surface area contributed by atoms with Crippen LogP contribution in [-0.2, 0) is 4.74 Å². The number of methoxy groups -OCH3 is 1. The summed E-state index contributed by atoms with van der Waals surface area (Å²) < 4.78 is 11.4. The van der Waals surface area contributed by atoms with Gasteiger partial charge < -0.3 is 14.5 Å². The second-order valence-electron chi connectivity index (χ2n) is 5.61. The number of hydrogen-bond donors (Lipinski definition) is 1. The van der Waals surface area contributed by atoms with Gasteiger partial charge in [-0.15, -0.1) is 0 Å². The molecule has 0 fully saturated rings. The summed E-state index contributed by atoms with van der Waals surface area (Å²) in [6, 6.07) is 15.9. The molecule has 5 nitrogen and oxygen atoms in total. The summed E-state index contributed by atoms with van der Waals surface area (Å²) in [4.78, 5) is 24.0. The molecular weight excluding hydrogens is 398 g/mol. The number of halogens is 1. The minimum absolute atomic E-state index is 0.277. The minimum atomic E-state index is -0.423. The average Bonchev–Trinajstić information content (AvgIpc) is 3.04. The lowest BCUT2D eigenvalue weighted by atomic mass is 10.1. The number of esters is 1. The number of ether oxygens (including phenoxy) is 1. The van der Waals surface area contributed by atoms with Gasteiger partial charge in [-0.1, -0.05) is 28.1 Å². The van der Waals surface area contributed by atoms with Gasteiger partial charge in [0.1, 0.15) is 11.5 Å². The fraction of sp³-hybridized carbons (Fsp3) is 0.100. The van der Waals surface area contributed by atoms with E-state index in [1.54, 1.807) is 37.3 Å². The maximum Gasteiger partial charge on any atom is 0.337 e. The standard InChI is InChI=1S/C20H16BrNO4/c1-12-17(11-18(26-12)13-3-7-15(21)8-4-13)19(23)22-16-9-5-14(6-10-16)20(24)25-2/h3-11H,1-2H3,(H,22,23). The lowest BCUT2D eigenvalue weighted by Gasteiger charge is -2.05. The molecule has 2 aromatic carbocycles. The van der Waals surface area contributed by atoms with Crippen molar-refractivity contribution in [3.63, 3.8) is 0 Å². The summed E-state index contributed by atoms with van der Waals surface area (Å²) in [7, 11) is 1.32. The van der Waals surface area contributed by atoms with E-state index in [1.807, 2.05) is 24.3 Å². The quantitative estimate of drug-likeness (QED) is 0.607. The third kappa shape index (κ3) is 3.86. The van der Waals surface area contributed by atoms with Gasteiger partial charge in [-0.05, 0) is 49.4 Å². The number of nitrogens with one attached hydrogen (secondary N) is 1. The maximum absolute atomic E-state index is 12.5. The Morgan fingerprint density at radius 2 is 1.69 bits per heavy atom. The van der Waals surface area contributed by atoms with E-state index in [0.29, 0.717) is 28.3 Å². The first-order valence-electron chi connectivity index (χ1n) is 7.84. The summed E-state index contributed by atoms with van der Waals surface area (Å²) >= 11 is 3.39. The van der Waals surface area contributed by atoms with Gasteiger partial charge in [0.05, 0.1) is 18.2 Å². The molecule has 132 valence electrons. The van der Waals surface area contributed by atoms with E-state index in [0.717, 1.165) is 10.0 Å². The third-order valence-electron chi connectivity index (χ3n) is 3.86. The van der Waals surface area contributed by atoms with Crippen LogP contribution < -0.4 is 5.32 Å². The van der Waals surface area contributed by atoms with Crippen LogP contribution in [0.1, 0.15) is 26.5 Å². The predicted octanol–water partition coefficient (Wildman–Crippen LogP) is 5.06. The first-order valence-corrected chi connectivity index (χ1v) is 8.63. The number of furan rings is 1. The topological polar surface area (TPSA) is 68.5 Å². The second-order valence-corrected chi connectivity index (χ2v) is 6.53. The van der Waals surface area contributed by atoms with E-state index in [2.05, 4.69) is 26.0 Å². The molecular formula is C20H16BrNO4. The monoisotopic (exact) mass is 413 g/mol. The zero-order valence-corrected chi connectivity index (χ0v) is 15.8. The lowest BCUT2D eigenvalue weighted by molar-refractivity contribution is 0.0600. The van der Waals surface area contributed by atoms with Crippen LogP contribution in [-0.4, -0.2) is 19.0 Å². The van der Waals surface area contributed by atoms with E-state index in [-0.39, 0.29) is 5.91 Å². The molecule has 0 spiro atoms. The van der Waals surface area contributed by atoms with Crippen LogP contribution in [0.15, 0.2) is 63.5 Å². The number of anilines is 1. The van der Waals surface area contributed by atoms with Gasteiger partial charge in [0.25, 0.3) is 5.91 Å². The predicted molar refractivity (Wildman–Crippen MR) is 102 cm³/mol. The van der Waals surface area contributed by atoms with Crippen molar-refractivity contribution in [3.05, 3.63) is 76.0 Å². The molecule has 0 aliphatic carbocycles. The van der Waals surface area contributed by atoms with Gasteiger partial charge in [-0.3, -0.25) is 4.79 Å². The molecule has 0 atom stereocenters. The van der Waals surface area contributed by atoms with E-state index in [9.17, 15) is 9.59 Å². The number of carbonyl (C=O) groups excluding carboxylic acids is 2. The first kappa shape index (κ1) is 17.9. The van der Waals surface area contributed by atoms with Crippen molar-refractivity contribution in [2.24, 2.45) is 0 Å². The van der Waals surface area contributed by atoms with Gasteiger partial charge in [-0.2, -0.15) is 0 Å². The van der Waals surface area contributed by atoms with Crippen molar-refractivity contribution >= 4 is 33.5 Å². The van der Waals surface area contributed by atoms with Crippen LogP contribution in [0.25, 0.3) is 11.3 Å². The summed E-state index contributed by atoms with van der Waals surface area (Å²) in [6.07, 6.45) is 0. The van der Waals surface area contributed by atoms with Crippen molar-refractivity contribution in [2.75, 3.05) is 12.4 Å². The summed E-state index contributed by atoms with van der Waals surface area (Å²) in [5, 5.41) is 2.80. The highest BCUT2D eigenvalue weighted by molar-refractivity contribution is 9.10. The van der Waals surface area contributed by atoms with Crippen LogP contribution in [0.3, 0.4) is 0 Å². The third-order valence-corrected chi connectivity index (χ3v) is 4.38. The SMILES string of the molecule is COC(=O)c1ccc(NC(=O)c2cc(-c3ccc(Br)cc3)oc2C)cc1. The van der Waals surface area contributed by atoms with E-state index >= 15 is 0 Å². The average molecular weight is 414 g/mol. The molecule has 0 saturated heterocycles. The van der Waals surface area contributed by atoms with Gasteiger partial charge >= 0.3 is 5.97 Å². The Balaban J connectivity index is 1.78. The lowest BCUT2D eigenvalue weighted by Crippen LogP contribution is -2.12. The van der Waals surface area contributed by atoms with Crippen molar-refractivity contribution < 1.29 is 18.7 Å². The molecule has 1 N–H and O–H groups in total. The van der Waals surface area contributed by atoms with Crippen molar-refractivity contribution in [1.29, 1.82) is 0 Å². The van der Waals surface area contributed by atoms with E-state index < -0.39 is 5.97 Å². The number of benzene rings is 2. The Kier molecular flexibility index (Phi) is 5.23. The molecule has 6 heteroatoms. The normalized spacial score (nSPS) is 10.4. The Morgan fingerprint density at radius 1 is 1.04 bits per heavy atom. The van der Waals surface area contributed by atoms with Crippen molar-refractivity contribution in [2.45, 2.75) is 6.92 Å². The molecule has 1 amide bonds. The first-order chi connectivity index (χ1) is 12.5. The molecule has 1 heterocycles. The van der Waals surface area contributed by atoms with Gasteiger partial charge in [0, 0.05) is 15.7 Å². The molecule has 0 saturated carbocycles. The zero-order chi connectivity index (χ0) is 18.7. The Labute approximate surface area is 159 Å². The number of hydrogen-bond acceptors (Lipinski definition) is 4. The van der Waals surface area contributed by atoms with Crippen LogP contribution in [0, 0.1) is 6.92 Å². The molecule has 0 aliphatic heterocycles. The molecule has 0 radical (unpaired) electrons. The van der Waals surface area contributed by atoms with Gasteiger partial charge in [0.15, 0.2) is 0 Å². The Bertz CT molecular complexity index is 943. The Hall–Kier alpha value is -2.86. The fourth-order valence-corrected chi connectivity index (χ4v) is 2.73. The molecule has 1 aromatic heterocycles. The minimum Gasteiger partial charge on any atom is -0.465 e. The highest BCUT2D eigenvalue weighted by Crippen LogP contribution is 2.27. The summed E-state index contributed by atoms with van der Waals surface area (Å²) in [5.74, 6) is 0.459. The molecule has 0 bridgehead atoms. The van der Waals surface area contributed by atoms with Gasteiger partial charge in [0.2, 0.25) is 0 Å². The van der Waals surface area contributed by atoms with Crippen molar-refractivity contribution in [3.8, 4) is 11.3 Å². The maximum atomic E-state index is 12.5. The largest absolute Gasteiger partial charge is 0.465 e.